The monoisotopic (exact) mass is 322 g/mol. The van der Waals surface area contributed by atoms with Crippen LogP contribution in [0.25, 0.3) is 0 Å². The summed E-state index contributed by atoms with van der Waals surface area (Å²) in [6.07, 6.45) is 1.66. The highest BCUT2D eigenvalue weighted by Gasteiger charge is 2.06. The van der Waals surface area contributed by atoms with Gasteiger partial charge in [0.2, 0.25) is 0 Å². The van der Waals surface area contributed by atoms with Crippen LogP contribution in [0, 0.1) is 0 Å². The summed E-state index contributed by atoms with van der Waals surface area (Å²) in [6, 6.07) is 9.15. The van der Waals surface area contributed by atoms with Gasteiger partial charge in [-0.2, -0.15) is 0 Å². The SMILES string of the molecule is COc1ccc(Oc2ccc([C@H](C)N)nc2)c(Br)c1. The summed E-state index contributed by atoms with van der Waals surface area (Å²) in [4.78, 5) is 4.25. The summed E-state index contributed by atoms with van der Waals surface area (Å²) >= 11 is 3.44. The Morgan fingerprint density at radius 1 is 1.21 bits per heavy atom. The molecule has 0 bridgehead atoms. The van der Waals surface area contributed by atoms with E-state index < -0.39 is 0 Å². The molecule has 5 heteroatoms. The fourth-order valence-corrected chi connectivity index (χ4v) is 1.98. The predicted molar refractivity (Wildman–Crippen MR) is 77.6 cm³/mol. The standard InChI is InChI=1S/C14H15BrN2O2/c1-9(16)13-5-3-11(8-17-13)19-14-6-4-10(18-2)7-12(14)15/h3-9H,16H2,1-2H3/t9-/m0/s1. The van der Waals surface area contributed by atoms with Gasteiger partial charge in [0.15, 0.2) is 0 Å². The largest absolute Gasteiger partial charge is 0.497 e. The molecule has 0 radical (unpaired) electrons. The number of hydrogen-bond donors (Lipinski definition) is 1. The Bertz CT molecular complexity index is 556. The molecule has 100 valence electrons. The van der Waals surface area contributed by atoms with Crippen molar-refractivity contribution in [3.8, 4) is 17.2 Å². The minimum Gasteiger partial charge on any atom is -0.497 e. The number of aromatic nitrogens is 1. The van der Waals surface area contributed by atoms with Crippen molar-refractivity contribution in [3.63, 3.8) is 0 Å². The third-order valence-electron chi connectivity index (χ3n) is 2.59. The van der Waals surface area contributed by atoms with Crippen molar-refractivity contribution < 1.29 is 9.47 Å². The number of ether oxygens (including phenoxy) is 2. The van der Waals surface area contributed by atoms with Gasteiger partial charge in [-0.05, 0) is 53.2 Å². The molecular formula is C14H15BrN2O2. The van der Waals surface area contributed by atoms with Crippen LogP contribution in [0.15, 0.2) is 41.0 Å². The molecule has 0 aliphatic heterocycles. The van der Waals surface area contributed by atoms with Crippen molar-refractivity contribution in [2.45, 2.75) is 13.0 Å². The minimum atomic E-state index is -0.0817. The Morgan fingerprint density at radius 2 is 1.95 bits per heavy atom. The van der Waals surface area contributed by atoms with Crippen LogP contribution in [0.2, 0.25) is 0 Å². The lowest BCUT2D eigenvalue weighted by Crippen LogP contribution is -2.06. The number of halogens is 1. The van der Waals surface area contributed by atoms with Crippen molar-refractivity contribution in [1.82, 2.24) is 4.98 Å². The van der Waals surface area contributed by atoms with Crippen LogP contribution in [-0.4, -0.2) is 12.1 Å². The maximum Gasteiger partial charge on any atom is 0.145 e. The van der Waals surface area contributed by atoms with Gasteiger partial charge in [-0.1, -0.05) is 0 Å². The van der Waals surface area contributed by atoms with E-state index in [1.165, 1.54) is 0 Å². The van der Waals surface area contributed by atoms with E-state index in [9.17, 15) is 0 Å². The molecule has 0 aliphatic rings. The second kappa shape index (κ2) is 6.04. The molecule has 1 aromatic carbocycles. The van der Waals surface area contributed by atoms with E-state index in [-0.39, 0.29) is 6.04 Å². The lowest BCUT2D eigenvalue weighted by Gasteiger charge is -2.10. The van der Waals surface area contributed by atoms with E-state index in [1.807, 2.05) is 37.3 Å². The first-order valence-corrected chi connectivity index (χ1v) is 6.62. The van der Waals surface area contributed by atoms with E-state index in [0.29, 0.717) is 11.5 Å². The molecule has 0 saturated carbocycles. The van der Waals surface area contributed by atoms with Crippen molar-refractivity contribution in [1.29, 1.82) is 0 Å². The van der Waals surface area contributed by atoms with Crippen LogP contribution in [0.5, 0.6) is 17.2 Å². The van der Waals surface area contributed by atoms with E-state index in [2.05, 4.69) is 20.9 Å². The smallest absolute Gasteiger partial charge is 0.145 e. The molecule has 2 aromatic rings. The average molecular weight is 323 g/mol. The molecule has 2 rings (SSSR count). The molecule has 0 saturated heterocycles. The zero-order valence-electron chi connectivity index (χ0n) is 10.8. The second-order valence-corrected chi connectivity index (χ2v) is 4.96. The number of benzene rings is 1. The predicted octanol–water partition coefficient (Wildman–Crippen LogP) is 3.66. The Kier molecular flexibility index (Phi) is 4.39. The van der Waals surface area contributed by atoms with Crippen molar-refractivity contribution in [2.24, 2.45) is 5.73 Å². The summed E-state index contributed by atoms with van der Waals surface area (Å²) in [5, 5.41) is 0. The van der Waals surface area contributed by atoms with Crippen LogP contribution in [0.4, 0.5) is 0 Å². The highest BCUT2D eigenvalue weighted by molar-refractivity contribution is 9.10. The molecule has 0 spiro atoms. The minimum absolute atomic E-state index is 0.0817. The summed E-state index contributed by atoms with van der Waals surface area (Å²) in [7, 11) is 1.62. The number of hydrogen-bond acceptors (Lipinski definition) is 4. The molecule has 1 atom stereocenters. The number of pyridine rings is 1. The van der Waals surface area contributed by atoms with Crippen molar-refractivity contribution >= 4 is 15.9 Å². The molecule has 0 fully saturated rings. The molecule has 0 unspecified atom stereocenters. The van der Waals surface area contributed by atoms with E-state index in [0.717, 1.165) is 15.9 Å². The van der Waals surface area contributed by atoms with Crippen LogP contribution in [-0.2, 0) is 0 Å². The lowest BCUT2D eigenvalue weighted by atomic mass is 10.2. The normalized spacial score (nSPS) is 12.0. The third kappa shape index (κ3) is 3.45. The summed E-state index contributed by atoms with van der Waals surface area (Å²) in [6.45, 7) is 1.89. The first kappa shape index (κ1) is 13.8. The summed E-state index contributed by atoms with van der Waals surface area (Å²) in [5.74, 6) is 2.14. The second-order valence-electron chi connectivity index (χ2n) is 4.11. The highest BCUT2D eigenvalue weighted by atomic mass is 79.9. The first-order valence-electron chi connectivity index (χ1n) is 5.83. The zero-order chi connectivity index (χ0) is 13.8. The van der Waals surface area contributed by atoms with Gasteiger partial charge in [0.1, 0.15) is 17.2 Å². The molecule has 1 heterocycles. The molecule has 2 N–H and O–H groups in total. The van der Waals surface area contributed by atoms with Gasteiger partial charge in [0.05, 0.1) is 23.5 Å². The Labute approximate surface area is 120 Å². The number of nitrogens with two attached hydrogens (primary N) is 1. The topological polar surface area (TPSA) is 57.4 Å². The van der Waals surface area contributed by atoms with E-state index in [4.69, 9.17) is 15.2 Å². The molecule has 0 aliphatic carbocycles. The van der Waals surface area contributed by atoms with E-state index in [1.54, 1.807) is 13.3 Å². The fraction of sp³-hybridized carbons (Fsp3) is 0.214. The highest BCUT2D eigenvalue weighted by Crippen LogP contribution is 2.32. The van der Waals surface area contributed by atoms with Crippen LogP contribution in [0.1, 0.15) is 18.7 Å². The zero-order valence-corrected chi connectivity index (χ0v) is 12.3. The molecule has 1 aromatic heterocycles. The van der Waals surface area contributed by atoms with E-state index >= 15 is 0 Å². The van der Waals surface area contributed by atoms with Crippen LogP contribution >= 0.6 is 15.9 Å². The van der Waals surface area contributed by atoms with Gasteiger partial charge in [0, 0.05) is 6.04 Å². The fourth-order valence-electron chi connectivity index (χ4n) is 1.54. The third-order valence-corrected chi connectivity index (χ3v) is 3.21. The molecule has 19 heavy (non-hydrogen) atoms. The van der Waals surface area contributed by atoms with Gasteiger partial charge < -0.3 is 15.2 Å². The number of methoxy groups -OCH3 is 1. The van der Waals surface area contributed by atoms with Gasteiger partial charge in [-0.3, -0.25) is 4.98 Å². The Hall–Kier alpha value is -1.59. The number of rotatable bonds is 4. The van der Waals surface area contributed by atoms with Crippen LogP contribution < -0.4 is 15.2 Å². The first-order chi connectivity index (χ1) is 9.10. The number of nitrogens with zero attached hydrogens (tertiary/aromatic N) is 1. The summed E-state index contributed by atoms with van der Waals surface area (Å²) < 4.78 is 11.7. The quantitative estimate of drug-likeness (QED) is 0.933. The Morgan fingerprint density at radius 3 is 2.47 bits per heavy atom. The van der Waals surface area contributed by atoms with Crippen molar-refractivity contribution in [3.05, 3.63) is 46.7 Å². The molecule has 4 nitrogen and oxygen atoms in total. The van der Waals surface area contributed by atoms with Gasteiger partial charge >= 0.3 is 0 Å². The van der Waals surface area contributed by atoms with Gasteiger partial charge in [-0.15, -0.1) is 0 Å². The Balaban J connectivity index is 2.16. The van der Waals surface area contributed by atoms with Crippen molar-refractivity contribution in [2.75, 3.05) is 7.11 Å². The average Bonchev–Trinajstić information content (AvgIpc) is 2.41. The maximum absolute atomic E-state index is 5.75. The maximum atomic E-state index is 5.75. The summed E-state index contributed by atoms with van der Waals surface area (Å²) in [5.41, 5.74) is 6.58. The van der Waals surface area contributed by atoms with Gasteiger partial charge in [-0.25, -0.2) is 0 Å². The molecular weight excluding hydrogens is 308 g/mol. The lowest BCUT2D eigenvalue weighted by molar-refractivity contribution is 0.412. The van der Waals surface area contributed by atoms with Gasteiger partial charge in [0.25, 0.3) is 0 Å². The molecule has 0 amide bonds. The van der Waals surface area contributed by atoms with Crippen LogP contribution in [0.3, 0.4) is 0 Å².